The molecule has 0 spiro atoms. The summed E-state index contributed by atoms with van der Waals surface area (Å²) in [4.78, 5) is 17.0. The van der Waals surface area contributed by atoms with Gasteiger partial charge in [0.1, 0.15) is 5.82 Å². The normalized spacial score (nSPS) is 10.2. The predicted octanol–water partition coefficient (Wildman–Crippen LogP) is 2.05. The van der Waals surface area contributed by atoms with Crippen LogP contribution < -0.4 is 16.6 Å². The molecule has 2 heterocycles. The Morgan fingerprint density at radius 1 is 1.42 bits per heavy atom. The van der Waals surface area contributed by atoms with E-state index < -0.39 is 0 Å². The van der Waals surface area contributed by atoms with E-state index in [-0.39, 0.29) is 5.91 Å². The Morgan fingerprint density at radius 2 is 2.26 bits per heavy atom. The van der Waals surface area contributed by atoms with Gasteiger partial charge in [0.2, 0.25) is 0 Å². The van der Waals surface area contributed by atoms with Crippen molar-refractivity contribution >= 4 is 34.7 Å². The number of anilines is 1. The van der Waals surface area contributed by atoms with Crippen LogP contribution in [-0.4, -0.2) is 17.4 Å². The van der Waals surface area contributed by atoms with Crippen molar-refractivity contribution in [3.05, 3.63) is 45.2 Å². The van der Waals surface area contributed by atoms with Crippen molar-refractivity contribution in [2.75, 3.05) is 12.0 Å². The number of amides is 1. The maximum absolute atomic E-state index is 11.9. The number of nitrogens with zero attached hydrogens (tertiary/aromatic N) is 1. The van der Waals surface area contributed by atoms with Gasteiger partial charge in [0.05, 0.1) is 4.34 Å². The largest absolute Gasteiger partial charge is 0.352 e. The molecule has 1 amide bonds. The number of nitrogens with two attached hydrogens (primary N) is 1. The Bertz CT molecular complexity index is 572. The second-order valence-electron chi connectivity index (χ2n) is 3.79. The molecule has 0 radical (unpaired) electrons. The number of aromatic nitrogens is 1. The van der Waals surface area contributed by atoms with Crippen molar-refractivity contribution < 1.29 is 4.79 Å². The fourth-order valence-electron chi connectivity index (χ4n) is 1.54. The van der Waals surface area contributed by atoms with Gasteiger partial charge in [-0.15, -0.1) is 11.3 Å². The summed E-state index contributed by atoms with van der Waals surface area (Å²) in [6.45, 7) is 0.559. The number of hydrazine groups is 1. The molecule has 100 valence electrons. The van der Waals surface area contributed by atoms with Crippen molar-refractivity contribution in [3.8, 4) is 0 Å². The summed E-state index contributed by atoms with van der Waals surface area (Å²) in [5.74, 6) is 5.55. The third-order valence-corrected chi connectivity index (χ3v) is 3.75. The van der Waals surface area contributed by atoms with Gasteiger partial charge in [-0.3, -0.25) is 4.79 Å². The molecule has 4 N–H and O–H groups in total. The van der Waals surface area contributed by atoms with Crippen LogP contribution >= 0.6 is 22.9 Å². The lowest BCUT2D eigenvalue weighted by atomic mass is 10.2. The van der Waals surface area contributed by atoms with Crippen LogP contribution in [-0.2, 0) is 6.42 Å². The van der Waals surface area contributed by atoms with Crippen molar-refractivity contribution in [1.82, 2.24) is 10.3 Å². The van der Waals surface area contributed by atoms with Crippen molar-refractivity contribution in [2.24, 2.45) is 5.84 Å². The molecule has 19 heavy (non-hydrogen) atoms. The molecule has 2 aromatic heterocycles. The average Bonchev–Trinajstić information content (AvgIpc) is 2.84. The number of nitrogens with one attached hydrogen (secondary N) is 2. The first kappa shape index (κ1) is 13.8. The topological polar surface area (TPSA) is 80.0 Å². The van der Waals surface area contributed by atoms with E-state index in [1.807, 2.05) is 12.1 Å². The van der Waals surface area contributed by atoms with Crippen LogP contribution in [0.3, 0.4) is 0 Å². The quantitative estimate of drug-likeness (QED) is 0.583. The molecule has 5 nitrogen and oxygen atoms in total. The molecule has 0 atom stereocenters. The maximum Gasteiger partial charge on any atom is 0.251 e. The zero-order chi connectivity index (χ0) is 13.7. The Kier molecular flexibility index (Phi) is 4.73. The molecule has 2 aromatic rings. The monoisotopic (exact) mass is 296 g/mol. The van der Waals surface area contributed by atoms with Crippen LogP contribution in [0.4, 0.5) is 5.82 Å². The third kappa shape index (κ3) is 3.92. The fraction of sp³-hybridized carbons (Fsp3) is 0.167. The first-order valence-electron chi connectivity index (χ1n) is 5.64. The van der Waals surface area contributed by atoms with Crippen LogP contribution in [0, 0.1) is 0 Å². The van der Waals surface area contributed by atoms with E-state index in [9.17, 15) is 4.79 Å². The first-order chi connectivity index (χ1) is 9.19. The summed E-state index contributed by atoms with van der Waals surface area (Å²) in [7, 11) is 0. The van der Waals surface area contributed by atoms with Crippen LogP contribution in [0.5, 0.6) is 0 Å². The number of carbonyl (C=O) groups is 1. The van der Waals surface area contributed by atoms with Gasteiger partial charge in [-0.2, -0.15) is 0 Å². The number of nitrogen functional groups attached to an aromatic ring is 1. The third-order valence-electron chi connectivity index (χ3n) is 2.46. The number of thiophene rings is 1. The summed E-state index contributed by atoms with van der Waals surface area (Å²) in [6, 6.07) is 7.04. The zero-order valence-corrected chi connectivity index (χ0v) is 11.6. The summed E-state index contributed by atoms with van der Waals surface area (Å²) in [5, 5.41) is 2.84. The molecular formula is C12H13ClN4OS. The SMILES string of the molecule is NNc1cc(C(=O)NCCc2ccc(Cl)s2)ccn1. The Balaban J connectivity index is 1.87. The van der Waals surface area contributed by atoms with E-state index in [1.165, 1.54) is 17.5 Å². The van der Waals surface area contributed by atoms with Crippen LogP contribution in [0.25, 0.3) is 0 Å². The Hall–Kier alpha value is -1.63. The van der Waals surface area contributed by atoms with Crippen molar-refractivity contribution in [3.63, 3.8) is 0 Å². The van der Waals surface area contributed by atoms with E-state index >= 15 is 0 Å². The van der Waals surface area contributed by atoms with Crippen LogP contribution in [0.15, 0.2) is 30.5 Å². The van der Waals surface area contributed by atoms with Gasteiger partial charge < -0.3 is 10.7 Å². The highest BCUT2D eigenvalue weighted by atomic mass is 35.5. The number of rotatable bonds is 5. The molecule has 0 saturated carbocycles. The molecule has 7 heteroatoms. The van der Waals surface area contributed by atoms with E-state index in [1.54, 1.807) is 12.1 Å². The number of halogens is 1. The molecule has 0 aromatic carbocycles. The van der Waals surface area contributed by atoms with Gasteiger partial charge in [0, 0.05) is 23.2 Å². The Morgan fingerprint density at radius 3 is 2.95 bits per heavy atom. The molecule has 0 bridgehead atoms. The average molecular weight is 297 g/mol. The Labute approximate surface area is 119 Å². The fourth-order valence-corrected chi connectivity index (χ4v) is 2.63. The summed E-state index contributed by atoms with van der Waals surface area (Å²) < 4.78 is 0.758. The van der Waals surface area contributed by atoms with Crippen LogP contribution in [0.2, 0.25) is 4.34 Å². The number of hydrogen-bond donors (Lipinski definition) is 3. The van der Waals surface area contributed by atoms with E-state index in [0.29, 0.717) is 17.9 Å². The summed E-state index contributed by atoms with van der Waals surface area (Å²) >= 11 is 7.36. The molecule has 0 saturated heterocycles. The minimum Gasteiger partial charge on any atom is -0.352 e. The van der Waals surface area contributed by atoms with Gasteiger partial charge >= 0.3 is 0 Å². The maximum atomic E-state index is 11.9. The zero-order valence-electron chi connectivity index (χ0n) is 10.0. The lowest BCUT2D eigenvalue weighted by molar-refractivity contribution is 0.0954. The first-order valence-corrected chi connectivity index (χ1v) is 6.83. The highest BCUT2D eigenvalue weighted by Gasteiger charge is 2.06. The minimum atomic E-state index is -0.151. The lowest BCUT2D eigenvalue weighted by Gasteiger charge is -2.05. The smallest absolute Gasteiger partial charge is 0.251 e. The standard InChI is InChI=1S/C12H13ClN4OS/c13-10-2-1-9(19-10)4-6-16-12(18)8-3-5-15-11(7-8)17-14/h1-3,5,7H,4,6,14H2,(H,15,17)(H,16,18). The highest BCUT2D eigenvalue weighted by molar-refractivity contribution is 7.16. The number of pyridine rings is 1. The van der Waals surface area contributed by atoms with E-state index in [4.69, 9.17) is 17.4 Å². The molecule has 0 fully saturated rings. The van der Waals surface area contributed by atoms with Gasteiger partial charge in [-0.25, -0.2) is 10.8 Å². The van der Waals surface area contributed by atoms with Crippen molar-refractivity contribution in [1.29, 1.82) is 0 Å². The molecule has 0 aliphatic carbocycles. The van der Waals surface area contributed by atoms with Gasteiger partial charge in [-0.1, -0.05) is 11.6 Å². The number of carbonyl (C=O) groups excluding carboxylic acids is 1. The molecule has 0 unspecified atom stereocenters. The van der Waals surface area contributed by atoms with Gasteiger partial charge in [0.25, 0.3) is 5.91 Å². The van der Waals surface area contributed by atoms with Gasteiger partial charge in [0.15, 0.2) is 0 Å². The molecule has 0 aliphatic rings. The summed E-state index contributed by atoms with van der Waals surface area (Å²) in [6.07, 6.45) is 2.29. The number of hydrogen-bond acceptors (Lipinski definition) is 5. The van der Waals surface area contributed by atoms with E-state index in [0.717, 1.165) is 15.6 Å². The van der Waals surface area contributed by atoms with E-state index in [2.05, 4.69) is 15.7 Å². The molecule has 2 rings (SSSR count). The second kappa shape index (κ2) is 6.51. The van der Waals surface area contributed by atoms with Crippen molar-refractivity contribution in [2.45, 2.75) is 6.42 Å². The molecule has 0 aliphatic heterocycles. The van der Waals surface area contributed by atoms with Gasteiger partial charge in [-0.05, 0) is 30.7 Å². The summed E-state index contributed by atoms with van der Waals surface area (Å²) in [5.41, 5.74) is 2.92. The predicted molar refractivity (Wildman–Crippen MR) is 77.4 cm³/mol. The highest BCUT2D eigenvalue weighted by Crippen LogP contribution is 2.21. The second-order valence-corrected chi connectivity index (χ2v) is 5.59. The minimum absolute atomic E-state index is 0.151. The lowest BCUT2D eigenvalue weighted by Crippen LogP contribution is -2.25. The van der Waals surface area contributed by atoms with Crippen LogP contribution in [0.1, 0.15) is 15.2 Å². The molecular weight excluding hydrogens is 284 g/mol.